The van der Waals surface area contributed by atoms with E-state index >= 15 is 0 Å². The highest BCUT2D eigenvalue weighted by Crippen LogP contribution is 2.15. The predicted molar refractivity (Wildman–Crippen MR) is 77.0 cm³/mol. The highest BCUT2D eigenvalue weighted by Gasteiger charge is 2.07. The number of carbonyl (C=O) groups is 2. The van der Waals surface area contributed by atoms with E-state index in [0.717, 1.165) is 0 Å². The average molecular weight is 287 g/mol. The first kappa shape index (κ1) is 14.7. The van der Waals surface area contributed by atoms with E-state index in [4.69, 9.17) is 4.74 Å². The van der Waals surface area contributed by atoms with E-state index in [1.165, 1.54) is 25.1 Å². The molecule has 4 nitrogen and oxygen atoms in total. The van der Waals surface area contributed by atoms with E-state index in [0.29, 0.717) is 11.3 Å². The van der Waals surface area contributed by atoms with Crippen molar-refractivity contribution in [2.75, 3.05) is 11.9 Å². The van der Waals surface area contributed by atoms with Gasteiger partial charge in [-0.2, -0.15) is 0 Å². The lowest BCUT2D eigenvalue weighted by molar-refractivity contribution is -0.118. The molecule has 2 rings (SSSR count). The quantitative estimate of drug-likeness (QED) is 0.860. The molecule has 0 spiro atoms. The maximum atomic E-state index is 13.3. The number of rotatable bonds is 5. The number of amides is 1. The van der Waals surface area contributed by atoms with Crippen LogP contribution in [0, 0.1) is 5.82 Å². The highest BCUT2D eigenvalue weighted by molar-refractivity contribution is 5.97. The monoisotopic (exact) mass is 287 g/mol. The summed E-state index contributed by atoms with van der Waals surface area (Å²) in [4.78, 5) is 23.0. The van der Waals surface area contributed by atoms with Crippen LogP contribution in [0.4, 0.5) is 10.1 Å². The summed E-state index contributed by atoms with van der Waals surface area (Å²) in [7, 11) is 0. The second-order valence-electron chi connectivity index (χ2n) is 4.40. The summed E-state index contributed by atoms with van der Waals surface area (Å²) in [6.45, 7) is 1.13. The SMILES string of the molecule is CC(=O)c1cccc(NC(=O)COc2ccccc2F)c1. The summed E-state index contributed by atoms with van der Waals surface area (Å²) in [6.07, 6.45) is 0. The summed E-state index contributed by atoms with van der Waals surface area (Å²) in [5, 5.41) is 2.59. The average Bonchev–Trinajstić information content (AvgIpc) is 2.46. The van der Waals surface area contributed by atoms with Crippen LogP contribution < -0.4 is 10.1 Å². The molecule has 5 heteroatoms. The van der Waals surface area contributed by atoms with Gasteiger partial charge in [0.1, 0.15) is 0 Å². The molecule has 2 aromatic rings. The van der Waals surface area contributed by atoms with Gasteiger partial charge in [-0.3, -0.25) is 9.59 Å². The highest BCUT2D eigenvalue weighted by atomic mass is 19.1. The third kappa shape index (κ3) is 4.14. The molecule has 0 heterocycles. The molecule has 0 aliphatic rings. The summed E-state index contributed by atoms with van der Waals surface area (Å²) < 4.78 is 18.4. The van der Waals surface area contributed by atoms with Crippen LogP contribution in [0.2, 0.25) is 0 Å². The van der Waals surface area contributed by atoms with Crippen molar-refractivity contribution in [2.45, 2.75) is 6.92 Å². The molecular formula is C16H14FNO3. The normalized spacial score (nSPS) is 10.0. The van der Waals surface area contributed by atoms with Gasteiger partial charge in [0.15, 0.2) is 24.0 Å². The largest absolute Gasteiger partial charge is 0.481 e. The van der Waals surface area contributed by atoms with Gasteiger partial charge < -0.3 is 10.1 Å². The van der Waals surface area contributed by atoms with Crippen LogP contribution >= 0.6 is 0 Å². The van der Waals surface area contributed by atoms with E-state index in [1.54, 1.807) is 30.3 Å². The van der Waals surface area contributed by atoms with Gasteiger partial charge >= 0.3 is 0 Å². The van der Waals surface area contributed by atoms with Crippen molar-refractivity contribution in [3.05, 3.63) is 59.9 Å². The van der Waals surface area contributed by atoms with Gasteiger partial charge in [0.25, 0.3) is 5.91 Å². The number of Topliss-reactive ketones (excluding diaryl/α,β-unsaturated/α-hetero) is 1. The first-order valence-corrected chi connectivity index (χ1v) is 6.34. The fraction of sp³-hybridized carbons (Fsp3) is 0.125. The smallest absolute Gasteiger partial charge is 0.262 e. The van der Waals surface area contributed by atoms with E-state index in [2.05, 4.69) is 5.32 Å². The number of carbonyl (C=O) groups excluding carboxylic acids is 2. The Balaban J connectivity index is 1.95. The minimum atomic E-state index is -0.524. The lowest BCUT2D eigenvalue weighted by atomic mass is 10.1. The topological polar surface area (TPSA) is 55.4 Å². The molecule has 0 bridgehead atoms. The Morgan fingerprint density at radius 3 is 2.62 bits per heavy atom. The Morgan fingerprint density at radius 1 is 1.14 bits per heavy atom. The summed E-state index contributed by atoms with van der Waals surface area (Å²) in [5.41, 5.74) is 0.993. The molecule has 0 saturated heterocycles. The van der Waals surface area contributed by atoms with Gasteiger partial charge in [0.2, 0.25) is 0 Å². The Morgan fingerprint density at radius 2 is 1.90 bits per heavy atom. The first-order valence-electron chi connectivity index (χ1n) is 6.34. The van der Waals surface area contributed by atoms with Gasteiger partial charge in [-0.25, -0.2) is 4.39 Å². The number of ether oxygens (including phenoxy) is 1. The second-order valence-corrected chi connectivity index (χ2v) is 4.40. The number of halogens is 1. The number of hydrogen-bond donors (Lipinski definition) is 1. The molecule has 21 heavy (non-hydrogen) atoms. The molecule has 2 aromatic carbocycles. The van der Waals surface area contributed by atoms with Gasteiger partial charge in [-0.1, -0.05) is 24.3 Å². The van der Waals surface area contributed by atoms with E-state index < -0.39 is 11.7 Å². The zero-order valence-electron chi connectivity index (χ0n) is 11.4. The van der Waals surface area contributed by atoms with Crippen LogP contribution in [0.25, 0.3) is 0 Å². The van der Waals surface area contributed by atoms with E-state index in [1.807, 2.05) is 0 Å². The Bertz CT molecular complexity index is 670. The Labute approximate surface area is 121 Å². The molecule has 0 aliphatic heterocycles. The lowest BCUT2D eigenvalue weighted by Crippen LogP contribution is -2.20. The van der Waals surface area contributed by atoms with Crippen molar-refractivity contribution in [1.82, 2.24) is 0 Å². The molecule has 1 amide bonds. The zero-order valence-corrected chi connectivity index (χ0v) is 11.4. The van der Waals surface area contributed by atoms with Gasteiger partial charge in [-0.15, -0.1) is 0 Å². The van der Waals surface area contributed by atoms with Crippen molar-refractivity contribution in [2.24, 2.45) is 0 Å². The maximum absolute atomic E-state index is 13.3. The van der Waals surface area contributed by atoms with Crippen LogP contribution in [0.1, 0.15) is 17.3 Å². The van der Waals surface area contributed by atoms with Crippen molar-refractivity contribution >= 4 is 17.4 Å². The van der Waals surface area contributed by atoms with Crippen LogP contribution in [0.15, 0.2) is 48.5 Å². The number of para-hydroxylation sites is 1. The second kappa shape index (κ2) is 6.65. The summed E-state index contributed by atoms with van der Waals surface area (Å²) in [5.74, 6) is -1.03. The molecule has 0 aliphatic carbocycles. The van der Waals surface area contributed by atoms with Crippen LogP contribution in [0.3, 0.4) is 0 Å². The maximum Gasteiger partial charge on any atom is 0.262 e. The molecular weight excluding hydrogens is 273 g/mol. The van der Waals surface area contributed by atoms with Crippen LogP contribution in [0.5, 0.6) is 5.75 Å². The number of nitrogens with one attached hydrogen (secondary N) is 1. The molecule has 0 atom stereocenters. The van der Waals surface area contributed by atoms with Gasteiger partial charge in [-0.05, 0) is 31.2 Å². The Kier molecular flexibility index (Phi) is 4.66. The van der Waals surface area contributed by atoms with Crippen LogP contribution in [-0.2, 0) is 4.79 Å². The minimum Gasteiger partial charge on any atom is -0.481 e. The first-order chi connectivity index (χ1) is 10.1. The van der Waals surface area contributed by atoms with Crippen molar-refractivity contribution in [3.8, 4) is 5.75 Å². The molecule has 1 N–H and O–H groups in total. The van der Waals surface area contributed by atoms with Gasteiger partial charge in [0, 0.05) is 11.3 Å². The molecule has 0 unspecified atom stereocenters. The number of hydrogen-bond acceptors (Lipinski definition) is 3. The number of ketones is 1. The molecule has 0 fully saturated rings. The molecule has 108 valence electrons. The van der Waals surface area contributed by atoms with Crippen molar-refractivity contribution in [3.63, 3.8) is 0 Å². The summed E-state index contributed by atoms with van der Waals surface area (Å²) in [6, 6.07) is 12.4. The van der Waals surface area contributed by atoms with E-state index in [9.17, 15) is 14.0 Å². The fourth-order valence-electron chi connectivity index (χ4n) is 1.72. The molecule has 0 radical (unpaired) electrons. The zero-order chi connectivity index (χ0) is 15.2. The van der Waals surface area contributed by atoms with Gasteiger partial charge in [0.05, 0.1) is 0 Å². The van der Waals surface area contributed by atoms with Crippen LogP contribution in [-0.4, -0.2) is 18.3 Å². The summed E-state index contributed by atoms with van der Waals surface area (Å²) >= 11 is 0. The van der Waals surface area contributed by atoms with Crippen molar-refractivity contribution < 1.29 is 18.7 Å². The minimum absolute atomic E-state index is 0.0186. The van der Waals surface area contributed by atoms with Crippen molar-refractivity contribution in [1.29, 1.82) is 0 Å². The molecule has 0 saturated carbocycles. The molecule has 0 aromatic heterocycles. The number of anilines is 1. The lowest BCUT2D eigenvalue weighted by Gasteiger charge is -2.08. The van der Waals surface area contributed by atoms with E-state index in [-0.39, 0.29) is 18.1 Å². The standard InChI is InChI=1S/C16H14FNO3/c1-11(19)12-5-4-6-13(9-12)18-16(20)10-21-15-8-3-2-7-14(15)17/h2-9H,10H2,1H3,(H,18,20). The number of benzene rings is 2. The third-order valence-electron chi connectivity index (χ3n) is 2.75. The Hall–Kier alpha value is -2.69. The fourth-order valence-corrected chi connectivity index (χ4v) is 1.72. The predicted octanol–water partition coefficient (Wildman–Crippen LogP) is 3.05. The third-order valence-corrected chi connectivity index (χ3v) is 2.75.